The summed E-state index contributed by atoms with van der Waals surface area (Å²) in [7, 11) is 1.37. The van der Waals surface area contributed by atoms with Crippen LogP contribution in [-0.4, -0.2) is 30.1 Å². The minimum absolute atomic E-state index is 0.119. The number of methoxy groups -OCH3 is 1. The molecule has 1 aromatic rings. The molecule has 0 aliphatic heterocycles. The van der Waals surface area contributed by atoms with Gasteiger partial charge in [0.25, 0.3) is 0 Å². The predicted octanol–water partition coefficient (Wildman–Crippen LogP) is 1.72. The summed E-state index contributed by atoms with van der Waals surface area (Å²) >= 11 is 0. The van der Waals surface area contributed by atoms with Crippen molar-refractivity contribution >= 4 is 11.8 Å². The van der Waals surface area contributed by atoms with E-state index in [1.165, 1.54) is 20.0 Å². The van der Waals surface area contributed by atoms with Gasteiger partial charge >= 0.3 is 5.97 Å². The highest BCUT2D eigenvalue weighted by atomic mass is 16.5. The van der Waals surface area contributed by atoms with Crippen molar-refractivity contribution in [1.82, 2.24) is 4.98 Å². The maximum Gasteiger partial charge on any atom is 0.339 e. The molecule has 0 spiro atoms. The Kier molecular flexibility index (Phi) is 3.75. The Morgan fingerprint density at radius 3 is 2.74 bits per heavy atom. The van der Waals surface area contributed by atoms with Gasteiger partial charge in [-0.3, -0.25) is 0 Å². The first-order valence-corrected chi connectivity index (χ1v) is 6.54. The van der Waals surface area contributed by atoms with E-state index >= 15 is 0 Å². The van der Waals surface area contributed by atoms with Crippen LogP contribution in [-0.2, 0) is 4.74 Å². The Morgan fingerprint density at radius 1 is 1.58 bits per heavy atom. The molecule has 0 aromatic carbocycles. The lowest BCUT2D eigenvalue weighted by atomic mass is 9.96. The zero-order chi connectivity index (χ0) is 14.0. The van der Waals surface area contributed by atoms with E-state index in [-0.39, 0.29) is 11.5 Å². The third-order valence-electron chi connectivity index (χ3n) is 3.81. The van der Waals surface area contributed by atoms with E-state index in [2.05, 4.69) is 17.2 Å². The van der Waals surface area contributed by atoms with Gasteiger partial charge in [-0.25, -0.2) is 9.78 Å². The molecule has 1 heterocycles. The average molecular weight is 263 g/mol. The van der Waals surface area contributed by atoms with Gasteiger partial charge in [-0.2, -0.15) is 0 Å². The number of hydrogen-bond donors (Lipinski definition) is 2. The highest BCUT2D eigenvalue weighted by molar-refractivity contribution is 5.90. The molecule has 1 aromatic heterocycles. The van der Waals surface area contributed by atoms with Gasteiger partial charge in [-0.15, -0.1) is 0 Å². The van der Waals surface area contributed by atoms with E-state index in [4.69, 9.17) is 10.5 Å². The fraction of sp³-hybridized carbons (Fsp3) is 0.571. The van der Waals surface area contributed by atoms with Crippen LogP contribution in [0.25, 0.3) is 0 Å². The quantitative estimate of drug-likeness (QED) is 0.791. The second kappa shape index (κ2) is 5.17. The normalized spacial score (nSPS) is 17.7. The average Bonchev–Trinajstić information content (AvgIpc) is 3.22. The van der Waals surface area contributed by atoms with Crippen LogP contribution >= 0.6 is 0 Å². The number of nitrogens with zero attached hydrogens (tertiary/aromatic N) is 1. The van der Waals surface area contributed by atoms with E-state index in [0.29, 0.717) is 23.7 Å². The van der Waals surface area contributed by atoms with Gasteiger partial charge < -0.3 is 15.8 Å². The number of pyridine rings is 1. The molecule has 2 rings (SSSR count). The van der Waals surface area contributed by atoms with Gasteiger partial charge in [0, 0.05) is 6.54 Å². The SMILES string of the molecule is COC(=O)c1ccc(NC(C)(CN)C2CC2)nc1C. The van der Waals surface area contributed by atoms with Gasteiger partial charge in [0.05, 0.1) is 23.9 Å². The van der Waals surface area contributed by atoms with Crippen molar-refractivity contribution < 1.29 is 9.53 Å². The standard InChI is InChI=1S/C14H21N3O2/c1-9-11(13(18)19-3)6-7-12(16-9)17-14(2,8-15)10-4-5-10/h6-7,10H,4-5,8,15H2,1-3H3,(H,16,17). The van der Waals surface area contributed by atoms with Crippen molar-refractivity contribution in [1.29, 1.82) is 0 Å². The monoisotopic (exact) mass is 263 g/mol. The van der Waals surface area contributed by atoms with Crippen LogP contribution in [0.15, 0.2) is 12.1 Å². The molecule has 1 fully saturated rings. The molecule has 5 nitrogen and oxygen atoms in total. The molecular weight excluding hydrogens is 242 g/mol. The van der Waals surface area contributed by atoms with Crippen LogP contribution in [0.3, 0.4) is 0 Å². The summed E-state index contributed by atoms with van der Waals surface area (Å²) in [5.74, 6) is 1.00. The van der Waals surface area contributed by atoms with Gasteiger partial charge in [0.15, 0.2) is 0 Å². The third-order valence-corrected chi connectivity index (χ3v) is 3.81. The molecule has 1 atom stereocenters. The van der Waals surface area contributed by atoms with E-state index < -0.39 is 0 Å². The second-order valence-corrected chi connectivity index (χ2v) is 5.34. The Hall–Kier alpha value is -1.62. The van der Waals surface area contributed by atoms with Gasteiger partial charge in [-0.05, 0) is 44.7 Å². The van der Waals surface area contributed by atoms with Crippen molar-refractivity contribution in [3.05, 3.63) is 23.4 Å². The molecule has 0 saturated heterocycles. The van der Waals surface area contributed by atoms with Crippen molar-refractivity contribution in [2.24, 2.45) is 11.7 Å². The van der Waals surface area contributed by atoms with Crippen LogP contribution < -0.4 is 11.1 Å². The van der Waals surface area contributed by atoms with E-state index in [1.54, 1.807) is 19.1 Å². The Labute approximate surface area is 113 Å². The molecule has 1 saturated carbocycles. The largest absolute Gasteiger partial charge is 0.465 e. The smallest absolute Gasteiger partial charge is 0.339 e. The number of carbonyl (C=O) groups excluding carboxylic acids is 1. The Bertz CT molecular complexity index is 486. The fourth-order valence-corrected chi connectivity index (χ4v) is 2.29. The van der Waals surface area contributed by atoms with Gasteiger partial charge in [0.2, 0.25) is 0 Å². The number of nitrogens with one attached hydrogen (secondary N) is 1. The van der Waals surface area contributed by atoms with Gasteiger partial charge in [-0.1, -0.05) is 0 Å². The molecule has 1 aliphatic carbocycles. The number of esters is 1. The minimum Gasteiger partial charge on any atom is -0.465 e. The van der Waals surface area contributed by atoms with Gasteiger partial charge in [0.1, 0.15) is 5.82 Å². The third kappa shape index (κ3) is 2.87. The number of carbonyl (C=O) groups is 1. The number of nitrogens with two attached hydrogens (primary N) is 1. The summed E-state index contributed by atoms with van der Waals surface area (Å²) in [4.78, 5) is 15.9. The molecule has 1 aliphatic rings. The maximum atomic E-state index is 11.5. The molecule has 3 N–H and O–H groups in total. The molecule has 1 unspecified atom stereocenters. The Balaban J connectivity index is 2.18. The number of hydrogen-bond acceptors (Lipinski definition) is 5. The highest BCUT2D eigenvalue weighted by Crippen LogP contribution is 2.40. The zero-order valence-electron chi connectivity index (χ0n) is 11.7. The summed E-state index contributed by atoms with van der Waals surface area (Å²) < 4.78 is 4.71. The topological polar surface area (TPSA) is 77.2 Å². The number of rotatable bonds is 5. The first-order chi connectivity index (χ1) is 9.00. The van der Waals surface area contributed by atoms with Crippen LogP contribution in [0, 0.1) is 12.8 Å². The maximum absolute atomic E-state index is 11.5. The summed E-state index contributed by atoms with van der Waals surface area (Å²) in [6, 6.07) is 3.54. The van der Waals surface area contributed by atoms with Crippen molar-refractivity contribution in [2.75, 3.05) is 19.0 Å². The van der Waals surface area contributed by atoms with Crippen LogP contribution in [0.1, 0.15) is 35.8 Å². The first kappa shape index (κ1) is 13.8. The van der Waals surface area contributed by atoms with Crippen molar-refractivity contribution in [2.45, 2.75) is 32.2 Å². The minimum atomic E-state index is -0.361. The summed E-state index contributed by atoms with van der Waals surface area (Å²) in [6.07, 6.45) is 2.42. The molecular formula is C14H21N3O2. The molecule has 0 amide bonds. The summed E-state index contributed by atoms with van der Waals surface area (Å²) in [5.41, 5.74) is 6.90. The molecule has 0 bridgehead atoms. The van der Waals surface area contributed by atoms with Crippen LogP contribution in [0.2, 0.25) is 0 Å². The predicted molar refractivity (Wildman–Crippen MR) is 74.1 cm³/mol. The number of aryl methyl sites for hydroxylation is 1. The molecule has 19 heavy (non-hydrogen) atoms. The summed E-state index contributed by atoms with van der Waals surface area (Å²) in [5, 5.41) is 3.40. The van der Waals surface area contributed by atoms with Crippen LogP contribution in [0.5, 0.6) is 0 Å². The molecule has 0 radical (unpaired) electrons. The summed E-state index contributed by atoms with van der Waals surface area (Å²) in [6.45, 7) is 4.49. The zero-order valence-corrected chi connectivity index (χ0v) is 11.7. The second-order valence-electron chi connectivity index (χ2n) is 5.34. The lowest BCUT2D eigenvalue weighted by Crippen LogP contribution is -2.44. The fourth-order valence-electron chi connectivity index (χ4n) is 2.29. The first-order valence-electron chi connectivity index (χ1n) is 6.54. The van der Waals surface area contributed by atoms with Crippen molar-refractivity contribution in [3.8, 4) is 0 Å². The number of aromatic nitrogens is 1. The van der Waals surface area contributed by atoms with Crippen molar-refractivity contribution in [3.63, 3.8) is 0 Å². The Morgan fingerprint density at radius 2 is 2.26 bits per heavy atom. The number of ether oxygens (including phenoxy) is 1. The van der Waals surface area contributed by atoms with Crippen LogP contribution in [0.4, 0.5) is 5.82 Å². The van der Waals surface area contributed by atoms with E-state index in [1.807, 2.05) is 0 Å². The number of anilines is 1. The van der Waals surface area contributed by atoms with E-state index in [9.17, 15) is 4.79 Å². The molecule has 5 heteroatoms. The van der Waals surface area contributed by atoms with E-state index in [0.717, 1.165) is 5.82 Å². The lowest BCUT2D eigenvalue weighted by Gasteiger charge is -2.30. The lowest BCUT2D eigenvalue weighted by molar-refractivity contribution is 0.0599. The molecule has 104 valence electrons. The highest BCUT2D eigenvalue weighted by Gasteiger charge is 2.40.